The minimum Gasteiger partial charge on any atom is -0.0622 e. The molecule has 0 aliphatic heterocycles. The van der Waals surface area contributed by atoms with Gasteiger partial charge >= 0.3 is 0 Å². The first-order valence-electron chi connectivity index (χ1n) is 21.3. The van der Waals surface area contributed by atoms with Crippen molar-refractivity contribution in [3.8, 4) is 66.8 Å². The molecular weight excluding hydrogens is 721 g/mol. The standard InChI is InChI=1S/C60H44/c1-59(2)52-26-16-15-23-44(52)50-35-55-51(36-54(50)59)45-31-28-40(34-53(45)60(55,3)4)42-30-29-41(33-49(42)37-17-7-5-8-18-37)56-46-24-13-14-25-47(46)57(39-20-9-6-10-21-39)58-43-22-12-11-19-38(43)27-32-48(56)58/h5-36H,1-4H3. The van der Waals surface area contributed by atoms with Crippen LogP contribution in [0.4, 0.5) is 0 Å². The lowest BCUT2D eigenvalue weighted by Crippen LogP contribution is -2.17. The molecule has 284 valence electrons. The normalized spacial score (nSPS) is 14.3. The van der Waals surface area contributed by atoms with Crippen LogP contribution >= 0.6 is 0 Å². The monoisotopic (exact) mass is 764 g/mol. The van der Waals surface area contributed by atoms with Crippen LogP contribution in [0.3, 0.4) is 0 Å². The van der Waals surface area contributed by atoms with Gasteiger partial charge in [-0.25, -0.2) is 0 Å². The van der Waals surface area contributed by atoms with Crippen molar-refractivity contribution in [1.29, 1.82) is 0 Å². The summed E-state index contributed by atoms with van der Waals surface area (Å²) in [5.41, 5.74) is 21.0. The highest BCUT2D eigenvalue weighted by Crippen LogP contribution is 2.57. The molecule has 0 heterocycles. The quantitative estimate of drug-likeness (QED) is 0.124. The summed E-state index contributed by atoms with van der Waals surface area (Å²) in [5, 5.41) is 7.64. The van der Waals surface area contributed by atoms with Gasteiger partial charge in [-0.15, -0.1) is 0 Å². The van der Waals surface area contributed by atoms with Gasteiger partial charge in [0, 0.05) is 10.8 Å². The van der Waals surface area contributed by atoms with Gasteiger partial charge in [0.2, 0.25) is 0 Å². The molecule has 0 amide bonds. The van der Waals surface area contributed by atoms with E-state index in [0.717, 1.165) is 0 Å². The van der Waals surface area contributed by atoms with Gasteiger partial charge in [-0.2, -0.15) is 0 Å². The van der Waals surface area contributed by atoms with Crippen LogP contribution in [0.1, 0.15) is 49.9 Å². The van der Waals surface area contributed by atoms with Gasteiger partial charge in [0.15, 0.2) is 0 Å². The summed E-state index contributed by atoms with van der Waals surface area (Å²) in [6.45, 7) is 9.60. The zero-order valence-electron chi connectivity index (χ0n) is 34.5. The van der Waals surface area contributed by atoms with Gasteiger partial charge in [0.1, 0.15) is 0 Å². The van der Waals surface area contributed by atoms with Gasteiger partial charge in [-0.3, -0.25) is 0 Å². The molecular formula is C60H44. The number of benzene rings is 10. The van der Waals surface area contributed by atoms with Gasteiger partial charge in [0.05, 0.1) is 0 Å². The van der Waals surface area contributed by atoms with E-state index in [-0.39, 0.29) is 10.8 Å². The highest BCUT2D eigenvalue weighted by molar-refractivity contribution is 6.28. The van der Waals surface area contributed by atoms with E-state index in [1.807, 2.05) is 0 Å². The second-order valence-electron chi connectivity index (χ2n) is 18.0. The van der Waals surface area contributed by atoms with Crippen molar-refractivity contribution in [3.63, 3.8) is 0 Å². The molecule has 60 heavy (non-hydrogen) atoms. The van der Waals surface area contributed by atoms with Crippen LogP contribution < -0.4 is 0 Å². The molecule has 0 radical (unpaired) electrons. The molecule has 0 aromatic heterocycles. The lowest BCUT2D eigenvalue weighted by molar-refractivity contribution is 0.652. The van der Waals surface area contributed by atoms with Crippen LogP contribution in [-0.4, -0.2) is 0 Å². The predicted molar refractivity (Wildman–Crippen MR) is 256 cm³/mol. The highest BCUT2D eigenvalue weighted by atomic mass is 14.4. The summed E-state index contributed by atoms with van der Waals surface area (Å²) in [5.74, 6) is 0. The average molecular weight is 765 g/mol. The second-order valence-corrected chi connectivity index (χ2v) is 18.0. The minimum atomic E-state index is -0.147. The Morgan fingerprint density at radius 1 is 0.267 bits per heavy atom. The number of rotatable bonds is 4. The predicted octanol–water partition coefficient (Wildman–Crippen LogP) is 16.4. The molecule has 0 saturated carbocycles. The van der Waals surface area contributed by atoms with Gasteiger partial charge < -0.3 is 0 Å². The van der Waals surface area contributed by atoms with E-state index in [0.29, 0.717) is 0 Å². The third-order valence-electron chi connectivity index (χ3n) is 14.1. The van der Waals surface area contributed by atoms with Crippen molar-refractivity contribution in [2.75, 3.05) is 0 Å². The van der Waals surface area contributed by atoms with Crippen LogP contribution in [0, 0.1) is 0 Å². The Kier molecular flexibility index (Phi) is 7.42. The van der Waals surface area contributed by atoms with E-state index in [2.05, 4.69) is 222 Å². The Bertz CT molecular complexity index is 3400. The third-order valence-corrected chi connectivity index (χ3v) is 14.1. The number of hydrogen-bond donors (Lipinski definition) is 0. The summed E-state index contributed by atoms with van der Waals surface area (Å²) < 4.78 is 0. The Morgan fingerprint density at radius 3 is 1.53 bits per heavy atom. The van der Waals surface area contributed by atoms with E-state index in [9.17, 15) is 0 Å². The molecule has 10 aromatic carbocycles. The summed E-state index contributed by atoms with van der Waals surface area (Å²) in [7, 11) is 0. The van der Waals surface area contributed by atoms with E-state index < -0.39 is 0 Å². The van der Waals surface area contributed by atoms with E-state index in [1.165, 1.54) is 121 Å². The fourth-order valence-electron chi connectivity index (χ4n) is 11.1. The summed E-state index contributed by atoms with van der Waals surface area (Å²) in [6, 6.07) is 72.9. The lowest BCUT2D eigenvalue weighted by atomic mass is 9.79. The molecule has 2 aliphatic carbocycles. The number of fused-ring (bicyclic) bond motifs is 10. The summed E-state index contributed by atoms with van der Waals surface area (Å²) >= 11 is 0. The molecule has 2 aliphatic rings. The van der Waals surface area contributed by atoms with Crippen molar-refractivity contribution in [3.05, 3.63) is 216 Å². The zero-order valence-corrected chi connectivity index (χ0v) is 34.5. The smallest absolute Gasteiger partial charge is 0.0159 e. The number of hydrogen-bond acceptors (Lipinski definition) is 0. The van der Waals surface area contributed by atoms with Crippen molar-refractivity contribution in [2.45, 2.75) is 38.5 Å². The fourth-order valence-corrected chi connectivity index (χ4v) is 11.1. The van der Waals surface area contributed by atoms with Crippen LogP contribution in [0.15, 0.2) is 194 Å². The highest BCUT2D eigenvalue weighted by Gasteiger charge is 2.41. The molecule has 0 bridgehead atoms. The maximum atomic E-state index is 2.52. The zero-order chi connectivity index (χ0) is 40.3. The first-order valence-corrected chi connectivity index (χ1v) is 21.3. The molecule has 12 rings (SSSR count). The minimum absolute atomic E-state index is 0.0360. The Balaban J connectivity index is 1.07. The third kappa shape index (κ3) is 4.91. The maximum absolute atomic E-state index is 2.52. The average Bonchev–Trinajstić information content (AvgIpc) is 3.66. The SMILES string of the molecule is CC1(C)c2ccccc2-c2cc3c(cc21)-c1ccc(-c2ccc(-c4c5ccccc5c(-c5ccccc5)c5c4ccc4ccccc45)cc2-c2ccccc2)cc1C3(C)C. The van der Waals surface area contributed by atoms with Crippen molar-refractivity contribution in [2.24, 2.45) is 0 Å². The topological polar surface area (TPSA) is 0 Å². The van der Waals surface area contributed by atoms with Crippen LogP contribution in [0.5, 0.6) is 0 Å². The molecule has 0 saturated heterocycles. The first-order chi connectivity index (χ1) is 29.3. The summed E-state index contributed by atoms with van der Waals surface area (Å²) in [6.07, 6.45) is 0. The van der Waals surface area contributed by atoms with E-state index in [4.69, 9.17) is 0 Å². The van der Waals surface area contributed by atoms with E-state index >= 15 is 0 Å². The van der Waals surface area contributed by atoms with Gasteiger partial charge in [-0.05, 0) is 146 Å². The van der Waals surface area contributed by atoms with Gasteiger partial charge in [0.25, 0.3) is 0 Å². The van der Waals surface area contributed by atoms with Crippen molar-refractivity contribution >= 4 is 32.3 Å². The second kappa shape index (κ2) is 12.7. The van der Waals surface area contributed by atoms with Crippen LogP contribution in [-0.2, 0) is 10.8 Å². The van der Waals surface area contributed by atoms with Crippen LogP contribution in [0.25, 0.3) is 99.1 Å². The van der Waals surface area contributed by atoms with Gasteiger partial charge in [-0.1, -0.05) is 198 Å². The fraction of sp³-hybridized carbons (Fsp3) is 0.100. The molecule has 0 unspecified atom stereocenters. The largest absolute Gasteiger partial charge is 0.0622 e. The van der Waals surface area contributed by atoms with Crippen molar-refractivity contribution < 1.29 is 0 Å². The molecule has 0 heteroatoms. The Morgan fingerprint density at radius 2 is 0.800 bits per heavy atom. The first kappa shape index (κ1) is 35.0. The lowest BCUT2D eigenvalue weighted by Gasteiger charge is -2.24. The van der Waals surface area contributed by atoms with E-state index in [1.54, 1.807) is 0 Å². The van der Waals surface area contributed by atoms with Crippen LogP contribution in [0.2, 0.25) is 0 Å². The molecule has 0 spiro atoms. The Labute approximate surface area is 352 Å². The molecule has 0 fully saturated rings. The summed E-state index contributed by atoms with van der Waals surface area (Å²) in [4.78, 5) is 0. The molecule has 0 N–H and O–H groups in total. The maximum Gasteiger partial charge on any atom is 0.0159 e. The Hall–Kier alpha value is -7.02. The molecule has 0 atom stereocenters. The molecule has 0 nitrogen and oxygen atoms in total. The molecule has 10 aromatic rings. The van der Waals surface area contributed by atoms with Crippen molar-refractivity contribution in [1.82, 2.24) is 0 Å².